The fourth-order valence-corrected chi connectivity index (χ4v) is 5.37. The highest BCUT2D eigenvalue weighted by Crippen LogP contribution is 2.65. The van der Waals surface area contributed by atoms with Crippen LogP contribution >= 0.6 is 23.2 Å². The number of rotatable bonds is 7. The first-order chi connectivity index (χ1) is 13.8. The van der Waals surface area contributed by atoms with Crippen LogP contribution in [0.1, 0.15) is 60.3 Å². The summed E-state index contributed by atoms with van der Waals surface area (Å²) in [5, 5.41) is 2.78. The van der Waals surface area contributed by atoms with Crippen molar-refractivity contribution in [3.8, 4) is 0 Å². The molecular formula is C22H32Cl2N2O4. The average Bonchev–Trinajstić information content (AvgIpc) is 2.95. The highest BCUT2D eigenvalue weighted by atomic mass is 35.5. The standard InChI is InChI=1S/C22H32Cl2N2O4/c1-11(21(3,4)5)20(30)26-10-14-16(22(14,23)24)17(26)19(29)25-15(18(28)12(2)27)9-13-7-6-8-13/h11,13-17H,6-10H2,1-5H3,(H,25,29)/t11-,14+,15+,16+,17+/m1/s1. The molecular weight excluding hydrogens is 427 g/mol. The van der Waals surface area contributed by atoms with Gasteiger partial charge in [0.2, 0.25) is 17.6 Å². The van der Waals surface area contributed by atoms with E-state index in [1.165, 1.54) is 6.92 Å². The Bertz CT molecular complexity index is 757. The number of fused-ring (bicyclic) bond motifs is 1. The van der Waals surface area contributed by atoms with E-state index in [9.17, 15) is 19.2 Å². The molecule has 5 atom stereocenters. The topological polar surface area (TPSA) is 83.6 Å². The van der Waals surface area contributed by atoms with Crippen molar-refractivity contribution in [2.45, 2.75) is 76.7 Å². The van der Waals surface area contributed by atoms with E-state index in [-0.39, 0.29) is 29.1 Å². The summed E-state index contributed by atoms with van der Waals surface area (Å²) in [5.74, 6) is -2.23. The highest BCUT2D eigenvalue weighted by Gasteiger charge is 2.74. The van der Waals surface area contributed by atoms with E-state index in [0.29, 0.717) is 18.9 Å². The van der Waals surface area contributed by atoms with Crippen molar-refractivity contribution in [3.05, 3.63) is 0 Å². The smallest absolute Gasteiger partial charge is 0.243 e. The van der Waals surface area contributed by atoms with Crippen LogP contribution in [0.2, 0.25) is 0 Å². The molecule has 2 saturated carbocycles. The zero-order valence-electron chi connectivity index (χ0n) is 18.3. The maximum Gasteiger partial charge on any atom is 0.243 e. The highest BCUT2D eigenvalue weighted by molar-refractivity contribution is 6.51. The number of nitrogens with zero attached hydrogens (tertiary/aromatic N) is 1. The predicted molar refractivity (Wildman–Crippen MR) is 115 cm³/mol. The van der Waals surface area contributed by atoms with Gasteiger partial charge in [0, 0.05) is 31.2 Å². The number of hydrogen-bond acceptors (Lipinski definition) is 4. The van der Waals surface area contributed by atoms with Crippen molar-refractivity contribution < 1.29 is 19.2 Å². The van der Waals surface area contributed by atoms with E-state index in [1.807, 2.05) is 27.7 Å². The van der Waals surface area contributed by atoms with Crippen LogP contribution in [0.25, 0.3) is 0 Å². The van der Waals surface area contributed by atoms with E-state index in [1.54, 1.807) is 4.90 Å². The predicted octanol–water partition coefficient (Wildman–Crippen LogP) is 3.13. The number of carbonyl (C=O) groups is 4. The Morgan fingerprint density at radius 3 is 2.23 bits per heavy atom. The summed E-state index contributed by atoms with van der Waals surface area (Å²) in [6, 6.07) is -1.69. The molecule has 0 unspecified atom stereocenters. The van der Waals surface area contributed by atoms with Crippen molar-refractivity contribution in [3.63, 3.8) is 0 Å². The van der Waals surface area contributed by atoms with Gasteiger partial charge in [0.15, 0.2) is 5.78 Å². The van der Waals surface area contributed by atoms with Crippen LogP contribution in [-0.4, -0.2) is 51.2 Å². The minimum absolute atomic E-state index is 0.118. The van der Waals surface area contributed by atoms with Crippen LogP contribution in [0, 0.1) is 29.1 Å². The van der Waals surface area contributed by atoms with Crippen molar-refractivity contribution in [1.29, 1.82) is 0 Å². The minimum atomic E-state index is -1.04. The van der Waals surface area contributed by atoms with Gasteiger partial charge < -0.3 is 10.2 Å². The number of piperidine rings is 1. The molecule has 0 aromatic carbocycles. The molecule has 2 aliphatic carbocycles. The SMILES string of the molecule is CC(=O)C(=O)[C@H](CC1CCC1)NC(=O)[C@@H]1[C@@H]2[C@H](CN1C(=O)[C@@H](C)C(C)(C)C)C2(Cl)Cl. The summed E-state index contributed by atoms with van der Waals surface area (Å²) in [7, 11) is 0. The number of ketones is 2. The van der Waals surface area contributed by atoms with Crippen LogP contribution < -0.4 is 5.32 Å². The Labute approximate surface area is 188 Å². The van der Waals surface area contributed by atoms with E-state index in [0.717, 1.165) is 19.3 Å². The quantitative estimate of drug-likeness (QED) is 0.469. The van der Waals surface area contributed by atoms with Crippen LogP contribution in [0.3, 0.4) is 0 Å². The fraction of sp³-hybridized carbons (Fsp3) is 0.818. The zero-order valence-corrected chi connectivity index (χ0v) is 19.8. The van der Waals surface area contributed by atoms with Gasteiger partial charge in [-0.15, -0.1) is 23.2 Å². The molecule has 0 aromatic heterocycles. The molecule has 8 heteroatoms. The summed E-state index contributed by atoms with van der Waals surface area (Å²) in [4.78, 5) is 52.2. The number of hydrogen-bond donors (Lipinski definition) is 1. The molecule has 3 aliphatic rings. The van der Waals surface area contributed by atoms with Gasteiger partial charge in [-0.2, -0.15) is 0 Å². The lowest BCUT2D eigenvalue weighted by atomic mass is 9.79. The van der Waals surface area contributed by atoms with Crippen molar-refractivity contribution >= 4 is 46.6 Å². The first-order valence-corrected chi connectivity index (χ1v) is 11.6. The maximum atomic E-state index is 13.3. The van der Waals surface area contributed by atoms with E-state index < -0.39 is 33.9 Å². The third-order valence-corrected chi connectivity index (χ3v) is 8.39. The number of likely N-dealkylation sites (tertiary alicyclic amines) is 1. The molecule has 3 rings (SSSR count). The molecule has 1 aliphatic heterocycles. The molecule has 30 heavy (non-hydrogen) atoms. The lowest BCUT2D eigenvalue weighted by molar-refractivity contribution is -0.146. The molecule has 168 valence electrons. The number of carbonyl (C=O) groups excluding carboxylic acids is 4. The molecule has 0 radical (unpaired) electrons. The average molecular weight is 459 g/mol. The van der Waals surface area contributed by atoms with Gasteiger partial charge in [0.1, 0.15) is 10.4 Å². The number of Topliss-reactive ketones (excluding diaryl/α,β-unsaturated/α-hetero) is 2. The van der Waals surface area contributed by atoms with E-state index in [4.69, 9.17) is 23.2 Å². The molecule has 0 bridgehead atoms. The molecule has 0 spiro atoms. The Morgan fingerprint density at radius 1 is 1.17 bits per heavy atom. The lowest BCUT2D eigenvalue weighted by Gasteiger charge is -2.36. The number of nitrogens with one attached hydrogen (secondary N) is 1. The second-order valence-electron chi connectivity index (χ2n) is 10.3. The second kappa shape index (κ2) is 8.09. The zero-order chi connectivity index (χ0) is 22.6. The van der Waals surface area contributed by atoms with Gasteiger partial charge in [-0.1, -0.05) is 47.0 Å². The fourth-order valence-electron chi connectivity index (χ4n) is 4.55. The van der Waals surface area contributed by atoms with Crippen LogP contribution in [0.4, 0.5) is 0 Å². The third-order valence-electron chi connectivity index (χ3n) is 7.33. The first kappa shape index (κ1) is 23.5. The molecule has 1 N–H and O–H groups in total. The van der Waals surface area contributed by atoms with Crippen molar-refractivity contribution in [1.82, 2.24) is 10.2 Å². The van der Waals surface area contributed by atoms with E-state index >= 15 is 0 Å². The van der Waals surface area contributed by atoms with Gasteiger partial charge in [-0.3, -0.25) is 19.2 Å². The molecule has 1 saturated heterocycles. The maximum absolute atomic E-state index is 13.3. The third kappa shape index (κ3) is 4.27. The minimum Gasteiger partial charge on any atom is -0.344 e. The molecule has 1 heterocycles. The summed E-state index contributed by atoms with van der Waals surface area (Å²) in [6.45, 7) is 9.34. The van der Waals surface area contributed by atoms with E-state index in [2.05, 4.69) is 5.32 Å². The van der Waals surface area contributed by atoms with Crippen LogP contribution in [-0.2, 0) is 19.2 Å². The molecule has 0 aromatic rings. The van der Waals surface area contributed by atoms with Crippen LogP contribution in [0.5, 0.6) is 0 Å². The Kier molecular flexibility index (Phi) is 6.34. The number of halogens is 2. The number of alkyl halides is 2. The Balaban J connectivity index is 1.79. The summed E-state index contributed by atoms with van der Waals surface area (Å²) in [5.41, 5.74) is -0.263. The molecule has 6 nitrogen and oxygen atoms in total. The van der Waals surface area contributed by atoms with Gasteiger partial charge in [0.05, 0.1) is 6.04 Å². The summed E-state index contributed by atoms with van der Waals surface area (Å²) >= 11 is 12.8. The van der Waals surface area contributed by atoms with Crippen molar-refractivity contribution in [2.75, 3.05) is 6.54 Å². The van der Waals surface area contributed by atoms with Gasteiger partial charge in [-0.25, -0.2) is 0 Å². The lowest BCUT2D eigenvalue weighted by Crippen LogP contribution is -2.56. The van der Waals surface area contributed by atoms with Gasteiger partial charge >= 0.3 is 0 Å². The van der Waals surface area contributed by atoms with Crippen LogP contribution in [0.15, 0.2) is 0 Å². The largest absolute Gasteiger partial charge is 0.344 e. The van der Waals surface area contributed by atoms with Gasteiger partial charge in [0.25, 0.3) is 0 Å². The first-order valence-electron chi connectivity index (χ1n) is 10.8. The summed E-state index contributed by atoms with van der Waals surface area (Å²) < 4.78 is -1.04. The molecule has 3 fully saturated rings. The van der Waals surface area contributed by atoms with Crippen molar-refractivity contribution in [2.24, 2.45) is 29.1 Å². The monoisotopic (exact) mass is 458 g/mol. The Morgan fingerprint density at radius 2 is 1.77 bits per heavy atom. The molecule has 2 amide bonds. The normalized spacial score (nSPS) is 29.4. The summed E-state index contributed by atoms with van der Waals surface area (Å²) in [6.07, 6.45) is 3.53. The number of amides is 2. The van der Waals surface area contributed by atoms with Gasteiger partial charge in [-0.05, 0) is 17.8 Å². The Hall–Kier alpha value is -1.14. The second-order valence-corrected chi connectivity index (χ2v) is 11.8.